The van der Waals surface area contributed by atoms with E-state index in [-0.39, 0.29) is 18.1 Å². The molecular formula is C16H21ClN6O. The number of rotatable bonds is 4. The number of aromatic nitrogens is 3. The van der Waals surface area contributed by atoms with E-state index in [2.05, 4.69) is 25.6 Å². The second-order valence-electron chi connectivity index (χ2n) is 6.03. The summed E-state index contributed by atoms with van der Waals surface area (Å²) >= 11 is 6.18. The van der Waals surface area contributed by atoms with E-state index in [1.54, 1.807) is 17.1 Å². The van der Waals surface area contributed by atoms with Crippen LogP contribution < -0.4 is 15.5 Å². The summed E-state index contributed by atoms with van der Waals surface area (Å²) in [5, 5.41) is 10.7. The van der Waals surface area contributed by atoms with Crippen LogP contribution in [0.2, 0.25) is 5.02 Å². The molecule has 8 heteroatoms. The maximum absolute atomic E-state index is 12.2. The number of halogens is 1. The highest BCUT2D eigenvalue weighted by molar-refractivity contribution is 6.32. The third-order valence-electron chi connectivity index (χ3n) is 4.13. The largest absolute Gasteiger partial charge is 0.353 e. The van der Waals surface area contributed by atoms with Gasteiger partial charge in [-0.15, -0.1) is 0 Å². The van der Waals surface area contributed by atoms with Crippen molar-refractivity contribution < 1.29 is 4.79 Å². The summed E-state index contributed by atoms with van der Waals surface area (Å²) in [7, 11) is 1.85. The fourth-order valence-electron chi connectivity index (χ4n) is 2.85. The molecule has 0 saturated carbocycles. The molecule has 0 unspecified atom stereocenters. The molecule has 0 spiro atoms. The molecule has 1 saturated heterocycles. The summed E-state index contributed by atoms with van der Waals surface area (Å²) in [5.74, 6) is 0.771. The van der Waals surface area contributed by atoms with Gasteiger partial charge in [0.15, 0.2) is 0 Å². The van der Waals surface area contributed by atoms with Gasteiger partial charge in [0.05, 0.1) is 17.3 Å². The first kappa shape index (κ1) is 16.6. The molecule has 3 heterocycles. The minimum absolute atomic E-state index is 0.0733. The first-order valence-corrected chi connectivity index (χ1v) is 8.32. The van der Waals surface area contributed by atoms with Crippen molar-refractivity contribution >= 4 is 23.4 Å². The van der Waals surface area contributed by atoms with E-state index < -0.39 is 0 Å². The molecule has 0 bridgehead atoms. The lowest BCUT2D eigenvalue weighted by Crippen LogP contribution is -2.44. The van der Waals surface area contributed by atoms with Gasteiger partial charge in [0, 0.05) is 44.1 Å². The van der Waals surface area contributed by atoms with Gasteiger partial charge >= 0.3 is 6.03 Å². The lowest BCUT2D eigenvalue weighted by atomic mass is 10.2. The van der Waals surface area contributed by atoms with Crippen LogP contribution in [0.15, 0.2) is 30.7 Å². The third-order valence-corrected chi connectivity index (χ3v) is 4.43. The van der Waals surface area contributed by atoms with E-state index >= 15 is 0 Å². The van der Waals surface area contributed by atoms with Gasteiger partial charge in [0.25, 0.3) is 0 Å². The molecular weight excluding hydrogens is 328 g/mol. The van der Waals surface area contributed by atoms with Gasteiger partial charge < -0.3 is 15.5 Å². The summed E-state index contributed by atoms with van der Waals surface area (Å²) in [4.78, 5) is 18.6. The first-order chi connectivity index (χ1) is 11.5. The van der Waals surface area contributed by atoms with Gasteiger partial charge in [-0.2, -0.15) is 5.10 Å². The van der Waals surface area contributed by atoms with Crippen LogP contribution in [0.25, 0.3) is 0 Å². The van der Waals surface area contributed by atoms with Crippen molar-refractivity contribution in [3.05, 3.63) is 41.3 Å². The summed E-state index contributed by atoms with van der Waals surface area (Å²) < 4.78 is 1.72. The Labute approximate surface area is 146 Å². The molecule has 3 rings (SSSR count). The van der Waals surface area contributed by atoms with Gasteiger partial charge in [-0.25, -0.2) is 9.78 Å². The maximum atomic E-state index is 12.2. The van der Waals surface area contributed by atoms with E-state index in [4.69, 9.17) is 11.6 Å². The van der Waals surface area contributed by atoms with Crippen LogP contribution in [0.1, 0.15) is 24.9 Å². The van der Waals surface area contributed by atoms with Crippen molar-refractivity contribution in [1.29, 1.82) is 0 Å². The Morgan fingerprint density at radius 3 is 3.04 bits per heavy atom. The average molecular weight is 349 g/mol. The standard InChI is InChI=1S/C16H21ClN6O/c1-11(12-8-19-22(2)9-12)20-16(24)21-13-5-7-23(10-13)15-14(17)4-3-6-18-15/h3-4,6,8-9,11,13H,5,7,10H2,1-2H3,(H2,20,21,24)/t11-,13-/m1/s1. The van der Waals surface area contributed by atoms with Crippen molar-refractivity contribution in [3.8, 4) is 0 Å². The Morgan fingerprint density at radius 2 is 2.33 bits per heavy atom. The Bertz CT molecular complexity index is 718. The molecule has 7 nitrogen and oxygen atoms in total. The van der Waals surface area contributed by atoms with Crippen LogP contribution in [-0.2, 0) is 7.05 Å². The highest BCUT2D eigenvalue weighted by Gasteiger charge is 2.26. The number of carbonyl (C=O) groups is 1. The molecule has 2 atom stereocenters. The Balaban J connectivity index is 1.52. The third kappa shape index (κ3) is 3.79. The molecule has 128 valence electrons. The van der Waals surface area contributed by atoms with Crippen LogP contribution in [0, 0.1) is 0 Å². The molecule has 1 aliphatic rings. The normalized spacial score (nSPS) is 18.5. The van der Waals surface area contributed by atoms with Gasteiger partial charge in [0.1, 0.15) is 5.82 Å². The summed E-state index contributed by atoms with van der Waals surface area (Å²) in [6.07, 6.45) is 6.24. The number of nitrogens with one attached hydrogen (secondary N) is 2. The fraction of sp³-hybridized carbons (Fsp3) is 0.438. The second-order valence-corrected chi connectivity index (χ2v) is 6.43. The van der Waals surface area contributed by atoms with Gasteiger partial charge in [-0.05, 0) is 25.5 Å². The first-order valence-electron chi connectivity index (χ1n) is 7.94. The minimum Gasteiger partial charge on any atom is -0.353 e. The molecule has 0 aliphatic carbocycles. The fourth-order valence-corrected chi connectivity index (χ4v) is 3.09. The summed E-state index contributed by atoms with van der Waals surface area (Å²) in [6.45, 7) is 3.45. The Kier molecular flexibility index (Phi) is 4.89. The average Bonchev–Trinajstić information content (AvgIpc) is 3.17. The van der Waals surface area contributed by atoms with Crippen LogP contribution in [0.3, 0.4) is 0 Å². The molecule has 0 radical (unpaired) electrons. The minimum atomic E-state index is -0.176. The number of nitrogens with zero attached hydrogens (tertiary/aromatic N) is 4. The second kappa shape index (κ2) is 7.09. The summed E-state index contributed by atoms with van der Waals surface area (Å²) in [5.41, 5.74) is 0.973. The number of anilines is 1. The molecule has 2 aromatic rings. The number of carbonyl (C=O) groups excluding carboxylic acids is 1. The van der Waals surface area contributed by atoms with Crippen molar-refractivity contribution in [2.24, 2.45) is 7.05 Å². The van der Waals surface area contributed by atoms with Gasteiger partial charge in [0.2, 0.25) is 0 Å². The SMILES string of the molecule is C[C@@H](NC(=O)N[C@@H]1CCN(c2ncccc2Cl)C1)c1cnn(C)c1. The molecule has 24 heavy (non-hydrogen) atoms. The van der Waals surface area contributed by atoms with E-state index in [0.29, 0.717) is 11.6 Å². The molecule has 1 aliphatic heterocycles. The van der Waals surface area contributed by atoms with Crippen molar-refractivity contribution in [2.45, 2.75) is 25.4 Å². The van der Waals surface area contributed by atoms with Gasteiger partial charge in [-0.1, -0.05) is 11.6 Å². The van der Waals surface area contributed by atoms with Crippen LogP contribution in [-0.4, -0.2) is 39.9 Å². The monoisotopic (exact) mass is 348 g/mol. The number of amides is 2. The Hall–Kier alpha value is -2.28. The van der Waals surface area contributed by atoms with Crippen molar-refractivity contribution in [1.82, 2.24) is 25.4 Å². The van der Waals surface area contributed by atoms with Crippen molar-refractivity contribution in [2.75, 3.05) is 18.0 Å². The number of pyridine rings is 1. The zero-order valence-corrected chi connectivity index (χ0v) is 14.5. The van der Waals surface area contributed by atoms with E-state index in [1.807, 2.05) is 32.3 Å². The molecule has 2 aromatic heterocycles. The zero-order chi connectivity index (χ0) is 17.1. The van der Waals surface area contributed by atoms with E-state index in [0.717, 1.165) is 24.3 Å². The Morgan fingerprint density at radius 1 is 1.50 bits per heavy atom. The zero-order valence-electron chi connectivity index (χ0n) is 13.7. The van der Waals surface area contributed by atoms with Crippen LogP contribution >= 0.6 is 11.6 Å². The van der Waals surface area contributed by atoms with Crippen LogP contribution in [0.5, 0.6) is 0 Å². The number of hydrogen-bond donors (Lipinski definition) is 2. The van der Waals surface area contributed by atoms with E-state index in [9.17, 15) is 4.79 Å². The summed E-state index contributed by atoms with van der Waals surface area (Å²) in [6, 6.07) is 3.44. The van der Waals surface area contributed by atoms with E-state index in [1.165, 1.54) is 0 Å². The number of urea groups is 1. The number of aryl methyl sites for hydroxylation is 1. The molecule has 2 N–H and O–H groups in total. The molecule has 2 amide bonds. The molecule has 0 aromatic carbocycles. The lowest BCUT2D eigenvalue weighted by molar-refractivity contribution is 0.235. The smallest absolute Gasteiger partial charge is 0.315 e. The highest BCUT2D eigenvalue weighted by atomic mass is 35.5. The topological polar surface area (TPSA) is 75.1 Å². The van der Waals surface area contributed by atoms with Gasteiger partial charge in [-0.3, -0.25) is 4.68 Å². The molecule has 1 fully saturated rings. The quantitative estimate of drug-likeness (QED) is 0.887. The van der Waals surface area contributed by atoms with Crippen molar-refractivity contribution in [3.63, 3.8) is 0 Å². The predicted octanol–water partition coefficient (Wildman–Crippen LogP) is 2.11. The maximum Gasteiger partial charge on any atom is 0.315 e. The lowest BCUT2D eigenvalue weighted by Gasteiger charge is -2.20. The predicted molar refractivity (Wildman–Crippen MR) is 93.2 cm³/mol. The number of hydrogen-bond acceptors (Lipinski definition) is 4. The highest BCUT2D eigenvalue weighted by Crippen LogP contribution is 2.25. The van der Waals surface area contributed by atoms with Crippen LogP contribution in [0.4, 0.5) is 10.6 Å².